The van der Waals surface area contributed by atoms with Crippen LogP contribution < -0.4 is 9.62 Å². The van der Waals surface area contributed by atoms with E-state index in [1.807, 2.05) is 35.2 Å². The summed E-state index contributed by atoms with van der Waals surface area (Å²) >= 11 is 0. The second kappa shape index (κ2) is 9.11. The molecule has 0 unspecified atom stereocenters. The van der Waals surface area contributed by atoms with Gasteiger partial charge in [0.25, 0.3) is 5.69 Å². The van der Waals surface area contributed by atoms with Gasteiger partial charge in [0.2, 0.25) is 10.0 Å². The Morgan fingerprint density at radius 2 is 1.77 bits per heavy atom. The van der Waals surface area contributed by atoms with Gasteiger partial charge in [-0.25, -0.2) is 13.1 Å². The van der Waals surface area contributed by atoms with Gasteiger partial charge in [0, 0.05) is 25.2 Å². The number of nitrogens with one attached hydrogen (secondary N) is 1. The van der Waals surface area contributed by atoms with Crippen molar-refractivity contribution in [2.75, 3.05) is 18.0 Å². The van der Waals surface area contributed by atoms with Gasteiger partial charge < -0.3 is 10.0 Å². The number of anilines is 1. The molecule has 0 aromatic heterocycles. The van der Waals surface area contributed by atoms with Gasteiger partial charge in [-0.15, -0.1) is 0 Å². The highest BCUT2D eigenvalue weighted by molar-refractivity contribution is 7.89. The molecule has 162 valence electrons. The Morgan fingerprint density at radius 3 is 2.33 bits per heavy atom. The standard InChI is InChI=1S/C21H27N3O5S/c1-15(2)22-30(28,29)18-8-9-19(20(14-18)24(26)27)23-12-10-17(11-13-23)21(25)16-6-4-3-5-7-16/h3-9,14-15,17,21-22,25H,10-13H2,1-2H3/t21-/m0/s1. The minimum Gasteiger partial charge on any atom is -0.388 e. The lowest BCUT2D eigenvalue weighted by Crippen LogP contribution is -2.36. The third kappa shape index (κ3) is 4.97. The fourth-order valence-electron chi connectivity index (χ4n) is 3.84. The maximum atomic E-state index is 12.4. The van der Waals surface area contributed by atoms with Crippen LogP contribution in [0.5, 0.6) is 0 Å². The van der Waals surface area contributed by atoms with E-state index in [4.69, 9.17) is 0 Å². The molecule has 2 aromatic carbocycles. The van der Waals surface area contributed by atoms with Gasteiger partial charge >= 0.3 is 0 Å². The molecule has 0 amide bonds. The number of aliphatic hydroxyl groups excluding tert-OH is 1. The summed E-state index contributed by atoms with van der Waals surface area (Å²) in [5.74, 6) is 0.0672. The van der Waals surface area contributed by atoms with Crippen LogP contribution in [0.1, 0.15) is 38.4 Å². The quantitative estimate of drug-likeness (QED) is 0.512. The van der Waals surface area contributed by atoms with Crippen LogP contribution in [0, 0.1) is 16.0 Å². The second-order valence-corrected chi connectivity index (χ2v) is 9.58. The first kappa shape index (κ1) is 22.2. The van der Waals surface area contributed by atoms with Crippen molar-refractivity contribution in [1.29, 1.82) is 0 Å². The van der Waals surface area contributed by atoms with Crippen LogP contribution in [-0.2, 0) is 10.0 Å². The zero-order chi connectivity index (χ0) is 21.9. The number of nitro groups is 1. The minimum absolute atomic E-state index is 0.0672. The molecule has 1 aliphatic rings. The first-order valence-electron chi connectivity index (χ1n) is 9.98. The van der Waals surface area contributed by atoms with Crippen LogP contribution in [0.2, 0.25) is 0 Å². The molecule has 0 saturated carbocycles. The van der Waals surface area contributed by atoms with Crippen molar-refractivity contribution >= 4 is 21.4 Å². The summed E-state index contributed by atoms with van der Waals surface area (Å²) in [5, 5.41) is 22.3. The SMILES string of the molecule is CC(C)NS(=O)(=O)c1ccc(N2CCC([C@@H](O)c3ccccc3)CC2)c([N+](=O)[O-])c1. The third-order valence-electron chi connectivity index (χ3n) is 5.31. The number of sulfonamides is 1. The number of hydrogen-bond acceptors (Lipinski definition) is 6. The highest BCUT2D eigenvalue weighted by atomic mass is 32.2. The summed E-state index contributed by atoms with van der Waals surface area (Å²) in [4.78, 5) is 12.9. The van der Waals surface area contributed by atoms with E-state index in [2.05, 4.69) is 4.72 Å². The van der Waals surface area contributed by atoms with E-state index in [0.29, 0.717) is 31.6 Å². The lowest BCUT2D eigenvalue weighted by molar-refractivity contribution is -0.384. The van der Waals surface area contributed by atoms with Crippen LogP contribution in [-0.4, -0.2) is 37.6 Å². The molecule has 0 spiro atoms. The predicted octanol–water partition coefficient (Wildman–Crippen LogP) is 3.23. The first-order chi connectivity index (χ1) is 14.2. The van der Waals surface area contributed by atoms with E-state index < -0.39 is 21.1 Å². The van der Waals surface area contributed by atoms with Crippen molar-refractivity contribution in [2.24, 2.45) is 5.92 Å². The van der Waals surface area contributed by atoms with Gasteiger partial charge in [0.1, 0.15) is 5.69 Å². The predicted molar refractivity (Wildman–Crippen MR) is 115 cm³/mol. The maximum absolute atomic E-state index is 12.4. The monoisotopic (exact) mass is 433 g/mol. The molecule has 1 atom stereocenters. The van der Waals surface area contributed by atoms with E-state index in [1.54, 1.807) is 13.8 Å². The van der Waals surface area contributed by atoms with Crippen molar-refractivity contribution in [2.45, 2.75) is 43.7 Å². The molecule has 2 aromatic rings. The zero-order valence-electron chi connectivity index (χ0n) is 17.1. The van der Waals surface area contributed by atoms with E-state index >= 15 is 0 Å². The fourth-order valence-corrected chi connectivity index (χ4v) is 5.11. The third-order valence-corrected chi connectivity index (χ3v) is 6.97. The number of hydrogen-bond donors (Lipinski definition) is 2. The van der Waals surface area contributed by atoms with Crippen molar-refractivity contribution in [3.8, 4) is 0 Å². The molecule has 1 fully saturated rings. The Hall–Kier alpha value is -2.49. The molecular weight excluding hydrogens is 406 g/mol. The summed E-state index contributed by atoms with van der Waals surface area (Å²) in [5.41, 5.74) is 1.04. The molecule has 1 heterocycles. The molecule has 30 heavy (non-hydrogen) atoms. The number of nitrogens with zero attached hydrogens (tertiary/aromatic N) is 2. The van der Waals surface area contributed by atoms with Crippen LogP contribution in [0.25, 0.3) is 0 Å². The van der Waals surface area contributed by atoms with Gasteiger partial charge in [0.15, 0.2) is 0 Å². The molecule has 0 aliphatic carbocycles. The Kier molecular flexibility index (Phi) is 6.74. The first-order valence-corrected chi connectivity index (χ1v) is 11.5. The van der Waals surface area contributed by atoms with Crippen molar-refractivity contribution in [1.82, 2.24) is 4.72 Å². The minimum atomic E-state index is -3.82. The van der Waals surface area contributed by atoms with Crippen molar-refractivity contribution < 1.29 is 18.4 Å². The highest BCUT2D eigenvalue weighted by Gasteiger charge is 2.30. The van der Waals surface area contributed by atoms with Crippen LogP contribution in [0.3, 0.4) is 0 Å². The number of aliphatic hydroxyl groups is 1. The highest BCUT2D eigenvalue weighted by Crippen LogP contribution is 2.36. The number of rotatable bonds is 7. The normalized spacial score (nSPS) is 16.6. The van der Waals surface area contributed by atoms with Crippen molar-refractivity contribution in [3.05, 3.63) is 64.2 Å². The summed E-state index contributed by atoms with van der Waals surface area (Å²) in [7, 11) is -3.82. The van der Waals surface area contributed by atoms with Gasteiger partial charge in [-0.05, 0) is 50.3 Å². The summed E-state index contributed by atoms with van der Waals surface area (Å²) in [6, 6.07) is 13.2. The van der Waals surface area contributed by atoms with Crippen LogP contribution in [0.4, 0.5) is 11.4 Å². The second-order valence-electron chi connectivity index (χ2n) is 7.86. The average molecular weight is 434 g/mol. The van der Waals surface area contributed by atoms with E-state index in [9.17, 15) is 23.6 Å². The molecule has 2 N–H and O–H groups in total. The average Bonchev–Trinajstić information content (AvgIpc) is 2.72. The lowest BCUT2D eigenvalue weighted by Gasteiger charge is -2.35. The van der Waals surface area contributed by atoms with Gasteiger partial charge in [-0.1, -0.05) is 30.3 Å². The molecule has 8 nitrogen and oxygen atoms in total. The molecule has 9 heteroatoms. The maximum Gasteiger partial charge on any atom is 0.293 e. The Labute approximate surface area is 176 Å². The van der Waals surface area contributed by atoms with E-state index in [1.165, 1.54) is 12.1 Å². The van der Waals surface area contributed by atoms with Gasteiger partial charge in [-0.2, -0.15) is 0 Å². The molecule has 0 radical (unpaired) electrons. The Morgan fingerprint density at radius 1 is 1.13 bits per heavy atom. The van der Waals surface area contributed by atoms with Crippen molar-refractivity contribution in [3.63, 3.8) is 0 Å². The topological polar surface area (TPSA) is 113 Å². The molecular formula is C21H27N3O5S. The van der Waals surface area contributed by atoms with Crippen LogP contribution >= 0.6 is 0 Å². The number of piperidine rings is 1. The Balaban J connectivity index is 1.77. The molecule has 1 saturated heterocycles. The molecule has 3 rings (SSSR count). The van der Waals surface area contributed by atoms with Gasteiger partial charge in [0.05, 0.1) is 15.9 Å². The summed E-state index contributed by atoms with van der Waals surface area (Å²) in [6.07, 6.45) is 0.794. The largest absolute Gasteiger partial charge is 0.388 e. The molecule has 1 aliphatic heterocycles. The zero-order valence-corrected chi connectivity index (χ0v) is 17.9. The fraction of sp³-hybridized carbons (Fsp3) is 0.429. The number of benzene rings is 2. The van der Waals surface area contributed by atoms with Gasteiger partial charge in [-0.3, -0.25) is 10.1 Å². The van der Waals surface area contributed by atoms with Crippen LogP contribution in [0.15, 0.2) is 53.4 Å². The Bertz CT molecular complexity index is 987. The smallest absolute Gasteiger partial charge is 0.293 e. The lowest BCUT2D eigenvalue weighted by atomic mass is 9.87. The summed E-state index contributed by atoms with van der Waals surface area (Å²) < 4.78 is 27.2. The van der Waals surface area contributed by atoms with E-state index in [0.717, 1.165) is 11.6 Å². The number of nitro benzene ring substituents is 1. The molecule has 0 bridgehead atoms. The van der Waals surface area contributed by atoms with E-state index in [-0.39, 0.29) is 22.5 Å². The summed E-state index contributed by atoms with van der Waals surface area (Å²) in [6.45, 7) is 4.47.